The third kappa shape index (κ3) is 3.69. The first-order valence-corrected chi connectivity index (χ1v) is 8.21. The molecule has 21 heavy (non-hydrogen) atoms. The van der Waals surface area contributed by atoms with Gasteiger partial charge in [0.1, 0.15) is 11.8 Å². The Morgan fingerprint density at radius 2 is 1.81 bits per heavy atom. The monoisotopic (exact) mass is 284 g/mol. The average molecular weight is 284 g/mol. The topological polar surface area (TPSA) is 45.0 Å². The average Bonchev–Trinajstić information content (AvgIpc) is 2.54. The Kier molecular flexibility index (Phi) is 4.65. The van der Waals surface area contributed by atoms with Crippen molar-refractivity contribution < 1.29 is 4.74 Å². The van der Waals surface area contributed by atoms with Crippen molar-refractivity contribution >= 4 is 5.69 Å². The molecule has 0 heterocycles. The molecule has 3 rings (SSSR count). The van der Waals surface area contributed by atoms with Gasteiger partial charge >= 0.3 is 0 Å². The number of benzene rings is 1. The number of ether oxygens (including phenoxy) is 1. The number of rotatable bonds is 4. The summed E-state index contributed by atoms with van der Waals surface area (Å²) in [6.07, 6.45) is 9.80. The van der Waals surface area contributed by atoms with E-state index in [1.54, 1.807) is 0 Å². The smallest absolute Gasteiger partial charge is 0.174 e. The van der Waals surface area contributed by atoms with Crippen LogP contribution < -0.4 is 10.1 Å². The maximum Gasteiger partial charge on any atom is 0.174 e. The molecule has 0 spiro atoms. The summed E-state index contributed by atoms with van der Waals surface area (Å²) in [7, 11) is 0. The SMILES string of the molecule is N#CCOc1ccc(NC2CCC3CCCCC3C2)cc1. The Morgan fingerprint density at radius 1 is 1.05 bits per heavy atom. The number of nitrogens with one attached hydrogen (secondary N) is 1. The van der Waals surface area contributed by atoms with Crippen LogP contribution in [0.3, 0.4) is 0 Å². The Hall–Kier alpha value is -1.69. The third-order valence-corrected chi connectivity index (χ3v) is 5.07. The molecule has 1 aromatic carbocycles. The molecule has 2 aliphatic carbocycles. The molecule has 3 nitrogen and oxygen atoms in total. The Bertz CT molecular complexity index is 491. The fourth-order valence-electron chi connectivity index (χ4n) is 4.00. The summed E-state index contributed by atoms with van der Waals surface area (Å²) < 4.78 is 5.28. The van der Waals surface area contributed by atoms with E-state index in [1.165, 1.54) is 50.6 Å². The van der Waals surface area contributed by atoms with Crippen molar-refractivity contribution in [2.45, 2.75) is 51.0 Å². The van der Waals surface area contributed by atoms with E-state index in [4.69, 9.17) is 10.00 Å². The fraction of sp³-hybridized carbons (Fsp3) is 0.611. The molecule has 0 aliphatic heterocycles. The highest BCUT2D eigenvalue weighted by Gasteiger charge is 2.31. The number of nitriles is 1. The van der Waals surface area contributed by atoms with Gasteiger partial charge in [-0.1, -0.05) is 25.7 Å². The predicted molar refractivity (Wildman–Crippen MR) is 84.3 cm³/mol. The quantitative estimate of drug-likeness (QED) is 0.893. The molecule has 3 unspecified atom stereocenters. The van der Waals surface area contributed by atoms with Crippen LogP contribution in [-0.2, 0) is 0 Å². The number of hydrogen-bond donors (Lipinski definition) is 1. The van der Waals surface area contributed by atoms with Gasteiger partial charge < -0.3 is 10.1 Å². The van der Waals surface area contributed by atoms with E-state index in [2.05, 4.69) is 17.4 Å². The van der Waals surface area contributed by atoms with Crippen LogP contribution in [-0.4, -0.2) is 12.6 Å². The fourth-order valence-corrected chi connectivity index (χ4v) is 4.00. The van der Waals surface area contributed by atoms with Crippen molar-refractivity contribution in [1.82, 2.24) is 0 Å². The molecule has 0 amide bonds. The van der Waals surface area contributed by atoms with Gasteiger partial charge in [0, 0.05) is 11.7 Å². The van der Waals surface area contributed by atoms with Gasteiger partial charge in [0.15, 0.2) is 6.61 Å². The molecule has 0 radical (unpaired) electrons. The van der Waals surface area contributed by atoms with Crippen LogP contribution >= 0.6 is 0 Å². The van der Waals surface area contributed by atoms with Crippen LogP contribution in [0.2, 0.25) is 0 Å². The summed E-state index contributed by atoms with van der Waals surface area (Å²) in [6.45, 7) is 0.110. The summed E-state index contributed by atoms with van der Waals surface area (Å²) >= 11 is 0. The largest absolute Gasteiger partial charge is 0.479 e. The van der Waals surface area contributed by atoms with E-state index in [-0.39, 0.29) is 6.61 Å². The summed E-state index contributed by atoms with van der Waals surface area (Å²) in [6, 6.07) is 10.6. The van der Waals surface area contributed by atoms with Crippen LogP contribution in [0.25, 0.3) is 0 Å². The number of anilines is 1. The maximum absolute atomic E-state index is 8.51. The lowest BCUT2D eigenvalue weighted by atomic mass is 9.69. The number of nitrogens with zero attached hydrogens (tertiary/aromatic N) is 1. The Balaban J connectivity index is 1.53. The van der Waals surface area contributed by atoms with Crippen LogP contribution in [0.15, 0.2) is 24.3 Å². The van der Waals surface area contributed by atoms with E-state index >= 15 is 0 Å². The Labute approximate surface area is 127 Å². The molecule has 2 fully saturated rings. The molecular weight excluding hydrogens is 260 g/mol. The van der Waals surface area contributed by atoms with Gasteiger partial charge in [-0.2, -0.15) is 5.26 Å². The van der Waals surface area contributed by atoms with Gasteiger partial charge in [0.05, 0.1) is 0 Å². The molecule has 1 aromatic rings. The molecule has 3 atom stereocenters. The van der Waals surface area contributed by atoms with E-state index in [1.807, 2.05) is 18.2 Å². The standard InChI is InChI=1S/C18H24N2O/c19-11-12-21-18-9-7-16(8-10-18)20-17-6-5-14-3-1-2-4-15(14)13-17/h7-10,14-15,17,20H,1-6,12-13H2. The van der Waals surface area contributed by atoms with Crippen molar-refractivity contribution in [1.29, 1.82) is 5.26 Å². The van der Waals surface area contributed by atoms with Crippen molar-refractivity contribution in [2.24, 2.45) is 11.8 Å². The lowest BCUT2D eigenvalue weighted by Gasteiger charge is -2.39. The molecule has 0 aromatic heterocycles. The zero-order valence-corrected chi connectivity index (χ0v) is 12.6. The van der Waals surface area contributed by atoms with Crippen LogP contribution in [0.5, 0.6) is 5.75 Å². The van der Waals surface area contributed by atoms with E-state index in [9.17, 15) is 0 Å². The minimum atomic E-state index is 0.110. The first-order chi connectivity index (χ1) is 10.3. The minimum Gasteiger partial charge on any atom is -0.479 e. The van der Waals surface area contributed by atoms with Crippen molar-refractivity contribution in [2.75, 3.05) is 11.9 Å². The summed E-state index contributed by atoms with van der Waals surface area (Å²) in [5.74, 6) is 2.71. The molecular formula is C18H24N2O. The van der Waals surface area contributed by atoms with Crippen LogP contribution in [0, 0.1) is 23.2 Å². The first-order valence-electron chi connectivity index (χ1n) is 8.21. The molecule has 2 saturated carbocycles. The second-order valence-corrected chi connectivity index (χ2v) is 6.43. The third-order valence-electron chi connectivity index (χ3n) is 5.07. The highest BCUT2D eigenvalue weighted by atomic mass is 16.5. The van der Waals surface area contributed by atoms with Gasteiger partial charge in [-0.15, -0.1) is 0 Å². The first kappa shape index (κ1) is 14.3. The van der Waals surface area contributed by atoms with E-state index < -0.39 is 0 Å². The normalized spacial score (nSPS) is 28.2. The van der Waals surface area contributed by atoms with Gasteiger partial charge in [-0.3, -0.25) is 0 Å². The molecule has 2 aliphatic rings. The number of fused-ring (bicyclic) bond motifs is 1. The van der Waals surface area contributed by atoms with Gasteiger partial charge in [-0.05, 0) is 55.4 Å². The van der Waals surface area contributed by atoms with E-state index in [0.717, 1.165) is 17.6 Å². The summed E-state index contributed by atoms with van der Waals surface area (Å²) in [4.78, 5) is 0. The highest BCUT2D eigenvalue weighted by Crippen LogP contribution is 2.41. The summed E-state index contributed by atoms with van der Waals surface area (Å²) in [5, 5.41) is 12.2. The zero-order valence-electron chi connectivity index (χ0n) is 12.6. The van der Waals surface area contributed by atoms with Gasteiger partial charge in [0.2, 0.25) is 0 Å². The molecule has 1 N–H and O–H groups in total. The van der Waals surface area contributed by atoms with Gasteiger partial charge in [-0.25, -0.2) is 0 Å². The minimum absolute atomic E-state index is 0.110. The molecule has 0 bridgehead atoms. The predicted octanol–water partition coefficient (Wildman–Crippen LogP) is 4.36. The zero-order chi connectivity index (χ0) is 14.5. The van der Waals surface area contributed by atoms with Crippen molar-refractivity contribution in [3.8, 4) is 11.8 Å². The lowest BCUT2D eigenvalue weighted by molar-refractivity contribution is 0.162. The van der Waals surface area contributed by atoms with E-state index in [0.29, 0.717) is 6.04 Å². The molecule has 3 heteroatoms. The summed E-state index contributed by atoms with van der Waals surface area (Å²) in [5.41, 5.74) is 1.17. The second kappa shape index (κ2) is 6.85. The van der Waals surface area contributed by atoms with Gasteiger partial charge in [0.25, 0.3) is 0 Å². The van der Waals surface area contributed by atoms with Crippen LogP contribution in [0.1, 0.15) is 44.9 Å². The van der Waals surface area contributed by atoms with Crippen molar-refractivity contribution in [3.05, 3.63) is 24.3 Å². The maximum atomic E-state index is 8.51. The van der Waals surface area contributed by atoms with Crippen molar-refractivity contribution in [3.63, 3.8) is 0 Å². The highest BCUT2D eigenvalue weighted by molar-refractivity contribution is 5.47. The Morgan fingerprint density at radius 3 is 2.57 bits per heavy atom. The molecule has 112 valence electrons. The second-order valence-electron chi connectivity index (χ2n) is 6.43. The number of hydrogen-bond acceptors (Lipinski definition) is 3. The lowest BCUT2D eigenvalue weighted by Crippen LogP contribution is -2.34. The molecule has 0 saturated heterocycles. The van der Waals surface area contributed by atoms with Crippen LogP contribution in [0.4, 0.5) is 5.69 Å².